The zero-order chi connectivity index (χ0) is 14.2. The van der Waals surface area contributed by atoms with Crippen molar-refractivity contribution < 1.29 is 4.79 Å². The first-order valence-electron chi connectivity index (χ1n) is 5.79. The monoisotopic (exact) mass is 264 g/mol. The number of hydrogen-bond donors (Lipinski definition) is 3. The quantitative estimate of drug-likeness (QED) is 0.702. The third-order valence-electron chi connectivity index (χ3n) is 2.60. The number of nitrogens with zero attached hydrogens (tertiary/aromatic N) is 3. The van der Waals surface area contributed by atoms with Crippen LogP contribution in [-0.2, 0) is 5.54 Å². The van der Waals surface area contributed by atoms with Crippen molar-refractivity contribution >= 4 is 23.0 Å². The van der Waals surface area contributed by atoms with Crippen LogP contribution in [0.3, 0.4) is 0 Å². The molecule has 2 amide bonds. The Balaban J connectivity index is 2.66. The van der Waals surface area contributed by atoms with E-state index in [1.807, 2.05) is 20.8 Å². The molecule has 102 valence electrons. The van der Waals surface area contributed by atoms with Crippen molar-refractivity contribution in [3.05, 3.63) is 16.8 Å². The van der Waals surface area contributed by atoms with Crippen molar-refractivity contribution in [1.29, 1.82) is 0 Å². The topological polar surface area (TPSA) is 105 Å². The van der Waals surface area contributed by atoms with Gasteiger partial charge in [-0.25, -0.2) is 19.6 Å². The van der Waals surface area contributed by atoms with Crippen LogP contribution in [0.1, 0.15) is 20.8 Å². The molecule has 8 nitrogen and oxygen atoms in total. The number of aromatic nitrogens is 4. The van der Waals surface area contributed by atoms with Gasteiger partial charge in [0.25, 0.3) is 0 Å². The zero-order valence-corrected chi connectivity index (χ0v) is 11.2. The first-order valence-corrected chi connectivity index (χ1v) is 5.79. The third-order valence-corrected chi connectivity index (χ3v) is 2.60. The SMILES string of the molecule is CNC(=O)Nc1ncnc2c1[nH]c(=O)n2C(C)(C)C. The Bertz CT molecular complexity index is 679. The number of imidazole rings is 1. The van der Waals surface area contributed by atoms with Gasteiger partial charge in [-0.3, -0.25) is 9.88 Å². The summed E-state index contributed by atoms with van der Waals surface area (Å²) in [5.41, 5.74) is 0.154. The Morgan fingerprint density at radius 3 is 2.63 bits per heavy atom. The van der Waals surface area contributed by atoms with Crippen molar-refractivity contribution in [1.82, 2.24) is 24.8 Å². The van der Waals surface area contributed by atoms with Gasteiger partial charge in [0.2, 0.25) is 0 Å². The van der Waals surface area contributed by atoms with Crippen LogP contribution in [-0.4, -0.2) is 32.6 Å². The number of fused-ring (bicyclic) bond motifs is 1. The van der Waals surface area contributed by atoms with E-state index in [9.17, 15) is 9.59 Å². The molecule has 0 aliphatic rings. The van der Waals surface area contributed by atoms with E-state index in [0.29, 0.717) is 11.2 Å². The van der Waals surface area contributed by atoms with Crippen molar-refractivity contribution in [2.45, 2.75) is 26.3 Å². The zero-order valence-electron chi connectivity index (χ0n) is 11.2. The second-order valence-electron chi connectivity index (χ2n) is 5.06. The maximum atomic E-state index is 12.0. The van der Waals surface area contributed by atoms with Crippen molar-refractivity contribution in [3.8, 4) is 0 Å². The second-order valence-corrected chi connectivity index (χ2v) is 5.06. The Morgan fingerprint density at radius 1 is 1.37 bits per heavy atom. The standard InChI is InChI=1S/C11H16N6O2/c1-11(2,3)17-8-6(15-10(17)19)7(13-5-14-8)16-9(18)12-4/h5H,1-4H3,(H,15,19)(H2,12,13,14,16,18). The fourth-order valence-corrected chi connectivity index (χ4v) is 1.81. The summed E-state index contributed by atoms with van der Waals surface area (Å²) in [6.45, 7) is 5.70. The first-order chi connectivity index (χ1) is 8.84. The predicted molar refractivity (Wildman–Crippen MR) is 71.2 cm³/mol. The molecule has 0 aliphatic carbocycles. The molecule has 19 heavy (non-hydrogen) atoms. The van der Waals surface area contributed by atoms with Crippen molar-refractivity contribution in [2.75, 3.05) is 12.4 Å². The van der Waals surface area contributed by atoms with Crippen molar-refractivity contribution in [2.24, 2.45) is 0 Å². The fourth-order valence-electron chi connectivity index (χ4n) is 1.81. The van der Waals surface area contributed by atoms with Gasteiger partial charge in [-0.05, 0) is 20.8 Å². The van der Waals surface area contributed by atoms with Gasteiger partial charge in [0.1, 0.15) is 11.8 Å². The Hall–Kier alpha value is -2.38. The summed E-state index contributed by atoms with van der Waals surface area (Å²) in [6, 6.07) is -0.413. The lowest BCUT2D eigenvalue weighted by Gasteiger charge is -2.19. The van der Waals surface area contributed by atoms with E-state index in [0.717, 1.165) is 0 Å². The molecule has 0 saturated heterocycles. The Kier molecular flexibility index (Phi) is 3.01. The molecule has 2 heterocycles. The summed E-state index contributed by atoms with van der Waals surface area (Å²) in [4.78, 5) is 34.1. The number of hydrogen-bond acceptors (Lipinski definition) is 4. The molecule has 2 aromatic rings. The molecular formula is C11H16N6O2. The fraction of sp³-hybridized carbons (Fsp3) is 0.455. The van der Waals surface area contributed by atoms with Gasteiger partial charge < -0.3 is 10.3 Å². The molecular weight excluding hydrogens is 248 g/mol. The number of carbonyl (C=O) groups is 1. The minimum Gasteiger partial charge on any atom is -0.341 e. The van der Waals surface area contributed by atoms with Crippen LogP contribution >= 0.6 is 0 Å². The first kappa shape index (κ1) is 13.1. The number of nitrogens with one attached hydrogen (secondary N) is 3. The lowest BCUT2D eigenvalue weighted by Crippen LogP contribution is -2.32. The van der Waals surface area contributed by atoms with Gasteiger partial charge in [-0.1, -0.05) is 0 Å². The van der Waals surface area contributed by atoms with Gasteiger partial charge in [-0.15, -0.1) is 0 Å². The molecule has 0 fully saturated rings. The van der Waals surface area contributed by atoms with Crippen LogP contribution in [0.2, 0.25) is 0 Å². The molecule has 0 saturated carbocycles. The molecule has 0 radical (unpaired) electrons. The smallest absolute Gasteiger partial charge is 0.328 e. The number of H-pyrrole nitrogens is 1. The molecule has 3 N–H and O–H groups in total. The number of urea groups is 1. The summed E-state index contributed by atoms with van der Waals surface area (Å²) in [7, 11) is 1.50. The van der Waals surface area contributed by atoms with E-state index in [2.05, 4.69) is 25.6 Å². The Labute approximate surface area is 109 Å². The molecule has 0 aliphatic heterocycles. The maximum absolute atomic E-state index is 12.0. The van der Waals surface area contributed by atoms with Gasteiger partial charge in [0.15, 0.2) is 11.5 Å². The van der Waals surface area contributed by atoms with E-state index >= 15 is 0 Å². The number of rotatable bonds is 1. The third kappa shape index (κ3) is 2.28. The molecule has 8 heteroatoms. The predicted octanol–water partition coefficient (Wildman–Crippen LogP) is 0.626. The summed E-state index contributed by atoms with van der Waals surface area (Å²) >= 11 is 0. The van der Waals surface area contributed by atoms with E-state index in [1.54, 1.807) is 0 Å². The summed E-state index contributed by atoms with van der Waals surface area (Å²) in [5, 5.41) is 4.96. The number of anilines is 1. The molecule has 0 aromatic carbocycles. The van der Waals surface area contributed by atoms with Gasteiger partial charge in [-0.2, -0.15) is 0 Å². The minimum absolute atomic E-state index is 0.268. The second kappa shape index (κ2) is 4.38. The molecule has 0 bridgehead atoms. The number of amides is 2. The highest BCUT2D eigenvalue weighted by Crippen LogP contribution is 2.20. The van der Waals surface area contributed by atoms with Crippen LogP contribution < -0.4 is 16.3 Å². The summed E-state index contributed by atoms with van der Waals surface area (Å²) in [5.74, 6) is 0.268. The van der Waals surface area contributed by atoms with Crippen LogP contribution in [0.15, 0.2) is 11.1 Å². The van der Waals surface area contributed by atoms with Crippen LogP contribution in [0.5, 0.6) is 0 Å². The lowest BCUT2D eigenvalue weighted by atomic mass is 10.1. The summed E-state index contributed by atoms with van der Waals surface area (Å²) < 4.78 is 1.53. The largest absolute Gasteiger partial charge is 0.341 e. The van der Waals surface area contributed by atoms with Gasteiger partial charge >= 0.3 is 11.7 Å². The number of carbonyl (C=O) groups excluding carboxylic acids is 1. The van der Waals surface area contributed by atoms with Gasteiger partial charge in [0, 0.05) is 12.6 Å². The minimum atomic E-state index is -0.423. The van der Waals surface area contributed by atoms with Crippen LogP contribution in [0.25, 0.3) is 11.2 Å². The molecule has 0 spiro atoms. The molecule has 0 atom stereocenters. The highest BCUT2D eigenvalue weighted by molar-refractivity contribution is 5.95. The molecule has 2 aromatic heterocycles. The average Bonchev–Trinajstić information content (AvgIpc) is 2.65. The number of aromatic amines is 1. The summed E-state index contributed by atoms with van der Waals surface area (Å²) in [6.07, 6.45) is 1.31. The normalized spacial score (nSPS) is 11.6. The Morgan fingerprint density at radius 2 is 2.05 bits per heavy atom. The van der Waals surface area contributed by atoms with E-state index in [-0.39, 0.29) is 11.5 Å². The van der Waals surface area contributed by atoms with E-state index < -0.39 is 11.6 Å². The van der Waals surface area contributed by atoms with Gasteiger partial charge in [0.05, 0.1) is 0 Å². The molecule has 0 unspecified atom stereocenters. The van der Waals surface area contributed by atoms with Crippen molar-refractivity contribution in [3.63, 3.8) is 0 Å². The molecule has 2 rings (SSSR count). The van der Waals surface area contributed by atoms with Crippen LogP contribution in [0, 0.1) is 0 Å². The van der Waals surface area contributed by atoms with E-state index in [1.165, 1.54) is 17.9 Å². The highest BCUT2D eigenvalue weighted by Gasteiger charge is 2.22. The average molecular weight is 264 g/mol. The highest BCUT2D eigenvalue weighted by atomic mass is 16.2. The lowest BCUT2D eigenvalue weighted by molar-refractivity contribution is 0.254. The maximum Gasteiger partial charge on any atom is 0.328 e. The van der Waals surface area contributed by atoms with E-state index in [4.69, 9.17) is 0 Å². The van der Waals surface area contributed by atoms with Crippen LogP contribution in [0.4, 0.5) is 10.6 Å².